The van der Waals surface area contributed by atoms with E-state index in [-0.39, 0.29) is 6.10 Å². The zero-order valence-electron chi connectivity index (χ0n) is 19.0. The van der Waals surface area contributed by atoms with E-state index in [1.54, 1.807) is 0 Å². The Bertz CT molecular complexity index is 844. The lowest BCUT2D eigenvalue weighted by Gasteiger charge is -2.34. The molecule has 4 rings (SSSR count). The second-order valence-electron chi connectivity index (χ2n) is 8.46. The van der Waals surface area contributed by atoms with Crippen molar-refractivity contribution in [3.63, 3.8) is 0 Å². The molecule has 6 nitrogen and oxygen atoms in total. The molecule has 2 aliphatic heterocycles. The van der Waals surface area contributed by atoms with Crippen molar-refractivity contribution in [2.75, 3.05) is 33.4 Å². The highest BCUT2D eigenvalue weighted by molar-refractivity contribution is 5.80. The Hall–Kier alpha value is -2.57. The zero-order chi connectivity index (χ0) is 22.0. The van der Waals surface area contributed by atoms with Crippen molar-refractivity contribution < 1.29 is 14.2 Å². The Morgan fingerprint density at radius 2 is 1.72 bits per heavy atom. The number of nitrogens with zero attached hydrogens (tertiary/aromatic N) is 2. The van der Waals surface area contributed by atoms with Gasteiger partial charge in [0.15, 0.2) is 5.96 Å². The summed E-state index contributed by atoms with van der Waals surface area (Å²) in [4.78, 5) is 6.83. The van der Waals surface area contributed by atoms with Crippen LogP contribution >= 0.6 is 0 Å². The van der Waals surface area contributed by atoms with E-state index < -0.39 is 0 Å². The van der Waals surface area contributed by atoms with Crippen LogP contribution in [0.5, 0.6) is 5.75 Å². The van der Waals surface area contributed by atoms with Gasteiger partial charge in [-0.05, 0) is 36.1 Å². The summed E-state index contributed by atoms with van der Waals surface area (Å²) in [5.41, 5.74) is 2.45. The second-order valence-corrected chi connectivity index (χ2v) is 8.46. The summed E-state index contributed by atoms with van der Waals surface area (Å²) in [6.07, 6.45) is 4.55. The molecule has 0 atom stereocenters. The number of aliphatic imine (C=N–C) groups is 1. The highest BCUT2D eigenvalue weighted by Gasteiger charge is 2.22. The highest BCUT2D eigenvalue weighted by Crippen LogP contribution is 2.19. The fraction of sp³-hybridized carbons (Fsp3) is 0.500. The molecule has 2 fully saturated rings. The second kappa shape index (κ2) is 11.9. The summed E-state index contributed by atoms with van der Waals surface area (Å²) in [6, 6.07) is 18.7. The summed E-state index contributed by atoms with van der Waals surface area (Å²) < 4.78 is 17.6. The van der Waals surface area contributed by atoms with Gasteiger partial charge in [-0.2, -0.15) is 0 Å². The molecule has 0 aliphatic carbocycles. The van der Waals surface area contributed by atoms with Gasteiger partial charge in [-0.3, -0.25) is 4.99 Å². The Labute approximate surface area is 191 Å². The van der Waals surface area contributed by atoms with E-state index >= 15 is 0 Å². The molecule has 2 aromatic rings. The number of ether oxygens (including phenoxy) is 3. The molecule has 2 aromatic carbocycles. The van der Waals surface area contributed by atoms with Crippen LogP contribution in [0.25, 0.3) is 0 Å². The number of para-hydroxylation sites is 1. The maximum atomic E-state index is 6.12. The van der Waals surface area contributed by atoms with Gasteiger partial charge in [0, 0.05) is 52.7 Å². The third-order valence-corrected chi connectivity index (χ3v) is 6.10. The largest absolute Gasteiger partial charge is 0.490 e. The van der Waals surface area contributed by atoms with Gasteiger partial charge in [-0.25, -0.2) is 0 Å². The van der Waals surface area contributed by atoms with Crippen molar-refractivity contribution in [2.45, 2.75) is 51.0 Å². The number of guanidine groups is 1. The molecule has 0 amide bonds. The third-order valence-electron chi connectivity index (χ3n) is 6.10. The van der Waals surface area contributed by atoms with Crippen LogP contribution in [0.15, 0.2) is 59.6 Å². The Kier molecular flexibility index (Phi) is 8.40. The van der Waals surface area contributed by atoms with Crippen molar-refractivity contribution in [1.29, 1.82) is 0 Å². The number of nitrogens with one attached hydrogen (secondary N) is 1. The maximum Gasteiger partial charge on any atom is 0.193 e. The van der Waals surface area contributed by atoms with E-state index in [2.05, 4.69) is 39.5 Å². The lowest BCUT2D eigenvalue weighted by Crippen LogP contribution is -2.47. The molecule has 1 N–H and O–H groups in total. The van der Waals surface area contributed by atoms with Gasteiger partial charge in [-0.15, -0.1) is 0 Å². The van der Waals surface area contributed by atoms with Crippen LogP contribution in [-0.4, -0.2) is 56.4 Å². The van der Waals surface area contributed by atoms with Crippen LogP contribution in [0.4, 0.5) is 0 Å². The molecule has 0 radical (unpaired) electrons. The quantitative estimate of drug-likeness (QED) is 0.524. The molecule has 2 saturated heterocycles. The molecule has 0 unspecified atom stereocenters. The number of hydrogen-bond acceptors (Lipinski definition) is 4. The minimum atomic E-state index is 0.263. The predicted octanol–water partition coefficient (Wildman–Crippen LogP) is 4.00. The minimum Gasteiger partial charge on any atom is -0.490 e. The average molecular weight is 438 g/mol. The standard InChI is InChI=1S/C26H35N3O3/c1-27-26(29-14-10-25(11-15-29)32-24-8-3-2-4-9-24)28-19-21-6-5-7-22(18-21)20-31-23-12-16-30-17-13-23/h2-9,18,23,25H,10-17,19-20H2,1H3,(H,27,28). The summed E-state index contributed by atoms with van der Waals surface area (Å²) in [5.74, 6) is 1.90. The van der Waals surface area contributed by atoms with Gasteiger partial charge in [0.05, 0.1) is 12.7 Å². The molecule has 2 heterocycles. The molecule has 0 bridgehead atoms. The summed E-state index contributed by atoms with van der Waals surface area (Å²) in [6.45, 7) is 4.90. The zero-order valence-corrected chi connectivity index (χ0v) is 19.0. The first kappa shape index (κ1) is 22.6. The van der Waals surface area contributed by atoms with Gasteiger partial charge in [-0.1, -0.05) is 42.5 Å². The Morgan fingerprint density at radius 1 is 0.969 bits per heavy atom. The number of hydrogen-bond donors (Lipinski definition) is 1. The molecule has 0 spiro atoms. The first-order chi connectivity index (χ1) is 15.8. The molecular weight excluding hydrogens is 402 g/mol. The Morgan fingerprint density at radius 3 is 2.47 bits per heavy atom. The third kappa shape index (κ3) is 6.71. The van der Waals surface area contributed by atoms with Crippen LogP contribution in [0.1, 0.15) is 36.8 Å². The monoisotopic (exact) mass is 437 g/mol. The highest BCUT2D eigenvalue weighted by atomic mass is 16.5. The van der Waals surface area contributed by atoms with Crippen molar-refractivity contribution in [3.05, 3.63) is 65.7 Å². The number of piperidine rings is 1. The van der Waals surface area contributed by atoms with Gasteiger partial charge in [0.2, 0.25) is 0 Å². The first-order valence-corrected chi connectivity index (χ1v) is 11.7. The molecule has 0 aromatic heterocycles. The van der Waals surface area contributed by atoms with E-state index in [4.69, 9.17) is 14.2 Å². The maximum absolute atomic E-state index is 6.12. The fourth-order valence-electron chi connectivity index (χ4n) is 4.28. The molecule has 0 saturated carbocycles. The van der Waals surface area contributed by atoms with Crippen LogP contribution in [0.2, 0.25) is 0 Å². The van der Waals surface area contributed by atoms with Crippen LogP contribution < -0.4 is 10.1 Å². The van der Waals surface area contributed by atoms with Crippen LogP contribution in [0.3, 0.4) is 0 Å². The molecular formula is C26H35N3O3. The number of benzene rings is 2. The van der Waals surface area contributed by atoms with Crippen LogP contribution in [0, 0.1) is 0 Å². The van der Waals surface area contributed by atoms with Crippen molar-refractivity contribution in [1.82, 2.24) is 10.2 Å². The molecule has 6 heteroatoms. The van der Waals surface area contributed by atoms with E-state index in [1.165, 1.54) is 11.1 Å². The lowest BCUT2D eigenvalue weighted by atomic mass is 10.1. The summed E-state index contributed by atoms with van der Waals surface area (Å²) in [7, 11) is 1.85. The molecule has 172 valence electrons. The van der Waals surface area contributed by atoms with Gasteiger partial charge >= 0.3 is 0 Å². The lowest BCUT2D eigenvalue weighted by molar-refractivity contribution is -0.0390. The van der Waals surface area contributed by atoms with Gasteiger partial charge in [0.1, 0.15) is 11.9 Å². The van der Waals surface area contributed by atoms with E-state index in [9.17, 15) is 0 Å². The van der Waals surface area contributed by atoms with Crippen molar-refractivity contribution >= 4 is 5.96 Å². The number of likely N-dealkylation sites (tertiary alicyclic amines) is 1. The summed E-state index contributed by atoms with van der Waals surface area (Å²) in [5, 5.41) is 3.53. The van der Waals surface area contributed by atoms with Gasteiger partial charge in [0.25, 0.3) is 0 Å². The van der Waals surface area contributed by atoms with Gasteiger partial charge < -0.3 is 24.4 Å². The molecule has 32 heavy (non-hydrogen) atoms. The van der Waals surface area contributed by atoms with E-state index in [0.717, 1.165) is 70.2 Å². The predicted molar refractivity (Wildman–Crippen MR) is 127 cm³/mol. The Balaban J connectivity index is 1.22. The average Bonchev–Trinajstić information content (AvgIpc) is 2.86. The molecule has 2 aliphatic rings. The summed E-state index contributed by atoms with van der Waals surface area (Å²) >= 11 is 0. The van der Waals surface area contributed by atoms with Crippen molar-refractivity contribution in [3.8, 4) is 5.75 Å². The fourth-order valence-corrected chi connectivity index (χ4v) is 4.28. The first-order valence-electron chi connectivity index (χ1n) is 11.7. The number of rotatable bonds is 7. The SMILES string of the molecule is CN=C(NCc1cccc(COC2CCOCC2)c1)N1CCC(Oc2ccccc2)CC1. The normalized spacial score (nSPS) is 18.5. The van der Waals surface area contributed by atoms with E-state index in [1.807, 2.05) is 37.4 Å². The van der Waals surface area contributed by atoms with Crippen LogP contribution in [-0.2, 0) is 22.6 Å². The van der Waals surface area contributed by atoms with Crippen molar-refractivity contribution in [2.24, 2.45) is 4.99 Å². The van der Waals surface area contributed by atoms with E-state index in [0.29, 0.717) is 12.7 Å². The minimum absolute atomic E-state index is 0.263. The smallest absolute Gasteiger partial charge is 0.193 e. The topological polar surface area (TPSA) is 55.3 Å².